The Balaban J connectivity index is 1.12. The number of rotatable bonds is 5. The maximum atomic E-state index is 6.64. The molecule has 10 aromatic rings. The van der Waals surface area contributed by atoms with Crippen LogP contribution in [0.25, 0.3) is 78.0 Å². The molecule has 1 atom stereocenters. The molecule has 8 aromatic carbocycles. The summed E-state index contributed by atoms with van der Waals surface area (Å²) in [4.78, 5) is 14.8. The number of nitrogens with zero attached hydrogens (tertiary/aromatic N) is 3. The number of benzene rings is 8. The van der Waals surface area contributed by atoms with Gasteiger partial charge < -0.3 is 4.42 Å². The minimum Gasteiger partial charge on any atom is -0.456 e. The van der Waals surface area contributed by atoms with Crippen molar-refractivity contribution >= 4 is 32.7 Å². The van der Waals surface area contributed by atoms with Crippen molar-refractivity contribution in [1.82, 2.24) is 15.0 Å². The van der Waals surface area contributed by atoms with Gasteiger partial charge in [0.25, 0.3) is 0 Å². The number of hydrogen-bond acceptors (Lipinski definition) is 4. The summed E-state index contributed by atoms with van der Waals surface area (Å²) in [5.41, 5.74) is 11.4. The Hall–Kier alpha value is -7.17. The van der Waals surface area contributed by atoms with E-state index in [2.05, 4.69) is 127 Å². The summed E-state index contributed by atoms with van der Waals surface area (Å²) in [6.07, 6.45) is 0. The molecule has 4 nitrogen and oxygen atoms in total. The van der Waals surface area contributed by atoms with Gasteiger partial charge in [-0.3, -0.25) is 0 Å². The Kier molecular flexibility index (Phi) is 6.73. The monoisotopic (exact) mass is 689 g/mol. The van der Waals surface area contributed by atoms with Gasteiger partial charge in [0.15, 0.2) is 17.5 Å². The highest BCUT2D eigenvalue weighted by Gasteiger charge is 2.47. The van der Waals surface area contributed by atoms with Gasteiger partial charge in [-0.15, -0.1) is 0 Å². The Morgan fingerprint density at radius 2 is 1.00 bits per heavy atom. The fraction of sp³-hybridized carbons (Fsp3) is 0.0200. The summed E-state index contributed by atoms with van der Waals surface area (Å²) in [5, 5.41) is 4.61. The van der Waals surface area contributed by atoms with Crippen LogP contribution in [0.2, 0.25) is 0 Å². The molecule has 0 radical (unpaired) electrons. The van der Waals surface area contributed by atoms with Crippen molar-refractivity contribution in [2.45, 2.75) is 5.41 Å². The molecule has 0 aliphatic heterocycles. The highest BCUT2D eigenvalue weighted by Crippen LogP contribution is 2.58. The van der Waals surface area contributed by atoms with Crippen LogP contribution in [0.1, 0.15) is 22.3 Å². The van der Waals surface area contributed by atoms with E-state index >= 15 is 0 Å². The average molecular weight is 690 g/mol. The van der Waals surface area contributed by atoms with E-state index in [1.165, 1.54) is 44.2 Å². The van der Waals surface area contributed by atoms with Crippen LogP contribution in [0.5, 0.6) is 0 Å². The molecule has 4 heteroatoms. The molecule has 11 rings (SSSR count). The standard InChI is InChI=1S/C50H31N3O/c1-4-15-33(16-5-1)47-51-48(34-17-6-2-7-18-34)53-49(52-47)35-25-27-40-42-31-37(26-29-44(42)54-45(40)30-35)50(36-19-8-3-9-20-36)43-23-13-12-22-39(43)41-28-24-32-14-10-11-21-38(32)46(41)50/h1-31H. The van der Waals surface area contributed by atoms with E-state index in [9.17, 15) is 0 Å². The second-order valence-corrected chi connectivity index (χ2v) is 13.9. The maximum absolute atomic E-state index is 6.64. The molecule has 1 aliphatic rings. The van der Waals surface area contributed by atoms with E-state index in [0.717, 1.165) is 38.6 Å². The van der Waals surface area contributed by atoms with Gasteiger partial charge in [-0.25, -0.2) is 15.0 Å². The minimum atomic E-state index is -0.543. The third-order valence-corrected chi connectivity index (χ3v) is 11.0. The fourth-order valence-electron chi connectivity index (χ4n) is 8.62. The zero-order chi connectivity index (χ0) is 35.6. The summed E-state index contributed by atoms with van der Waals surface area (Å²) < 4.78 is 6.64. The quantitative estimate of drug-likeness (QED) is 0.180. The topological polar surface area (TPSA) is 51.8 Å². The lowest BCUT2D eigenvalue weighted by Gasteiger charge is -2.34. The van der Waals surface area contributed by atoms with Gasteiger partial charge >= 0.3 is 0 Å². The van der Waals surface area contributed by atoms with Crippen LogP contribution in [0.3, 0.4) is 0 Å². The molecule has 2 heterocycles. The third kappa shape index (κ3) is 4.53. The summed E-state index contributed by atoms with van der Waals surface area (Å²) >= 11 is 0. The normalized spacial score (nSPS) is 14.7. The van der Waals surface area contributed by atoms with Crippen molar-refractivity contribution in [3.05, 3.63) is 210 Å². The van der Waals surface area contributed by atoms with Crippen LogP contribution < -0.4 is 0 Å². The molecular formula is C50H31N3O. The lowest BCUT2D eigenvalue weighted by molar-refractivity contribution is 0.668. The van der Waals surface area contributed by atoms with E-state index < -0.39 is 5.41 Å². The number of furan rings is 1. The molecule has 0 saturated carbocycles. The molecule has 0 bridgehead atoms. The molecule has 0 N–H and O–H groups in total. The van der Waals surface area contributed by atoms with Crippen molar-refractivity contribution in [1.29, 1.82) is 0 Å². The van der Waals surface area contributed by atoms with Gasteiger partial charge in [-0.1, -0.05) is 164 Å². The first-order valence-electron chi connectivity index (χ1n) is 18.3. The van der Waals surface area contributed by atoms with Crippen LogP contribution in [-0.4, -0.2) is 15.0 Å². The fourth-order valence-corrected chi connectivity index (χ4v) is 8.62. The highest BCUT2D eigenvalue weighted by atomic mass is 16.3. The molecule has 0 fully saturated rings. The molecule has 252 valence electrons. The van der Waals surface area contributed by atoms with Gasteiger partial charge in [-0.05, 0) is 68.4 Å². The predicted molar refractivity (Wildman–Crippen MR) is 218 cm³/mol. The Morgan fingerprint density at radius 3 is 1.74 bits per heavy atom. The molecular weight excluding hydrogens is 659 g/mol. The smallest absolute Gasteiger partial charge is 0.164 e. The molecule has 0 spiro atoms. The highest BCUT2D eigenvalue weighted by molar-refractivity contribution is 6.07. The molecule has 54 heavy (non-hydrogen) atoms. The van der Waals surface area contributed by atoms with Crippen LogP contribution >= 0.6 is 0 Å². The molecule has 1 unspecified atom stereocenters. The van der Waals surface area contributed by atoms with Gasteiger partial charge in [0.1, 0.15) is 11.2 Å². The average Bonchev–Trinajstić information content (AvgIpc) is 3.78. The Morgan fingerprint density at radius 1 is 0.370 bits per heavy atom. The van der Waals surface area contributed by atoms with E-state index in [-0.39, 0.29) is 0 Å². The van der Waals surface area contributed by atoms with Crippen molar-refractivity contribution in [3.63, 3.8) is 0 Å². The van der Waals surface area contributed by atoms with Crippen molar-refractivity contribution in [3.8, 4) is 45.3 Å². The predicted octanol–water partition coefficient (Wildman–Crippen LogP) is 12.3. The number of aromatic nitrogens is 3. The van der Waals surface area contributed by atoms with Crippen molar-refractivity contribution < 1.29 is 4.42 Å². The van der Waals surface area contributed by atoms with Gasteiger partial charge in [0.2, 0.25) is 0 Å². The minimum absolute atomic E-state index is 0.543. The second-order valence-electron chi connectivity index (χ2n) is 13.9. The van der Waals surface area contributed by atoms with E-state index in [1.807, 2.05) is 60.7 Å². The first kappa shape index (κ1) is 30.5. The lowest BCUT2D eigenvalue weighted by Crippen LogP contribution is -2.28. The van der Waals surface area contributed by atoms with Gasteiger partial charge in [-0.2, -0.15) is 0 Å². The Labute approximate surface area is 312 Å². The third-order valence-electron chi connectivity index (χ3n) is 11.0. The van der Waals surface area contributed by atoms with Crippen LogP contribution in [0.15, 0.2) is 192 Å². The van der Waals surface area contributed by atoms with Gasteiger partial charge in [0, 0.05) is 27.5 Å². The number of fused-ring (bicyclic) bond motifs is 8. The number of hydrogen-bond donors (Lipinski definition) is 0. The first-order chi connectivity index (χ1) is 26.8. The largest absolute Gasteiger partial charge is 0.456 e. The summed E-state index contributed by atoms with van der Waals surface area (Å²) in [6, 6.07) is 66.4. The summed E-state index contributed by atoms with van der Waals surface area (Å²) in [5.74, 6) is 1.86. The van der Waals surface area contributed by atoms with E-state index in [0.29, 0.717) is 17.5 Å². The van der Waals surface area contributed by atoms with Gasteiger partial charge in [0.05, 0.1) is 5.41 Å². The SMILES string of the molecule is c1ccc(-c2nc(-c3ccccc3)nc(-c3ccc4c(c3)oc3ccc(C5(c6ccccc6)c6ccccc6-c6ccc7ccccc7c65)cc34)n2)cc1. The van der Waals surface area contributed by atoms with Crippen molar-refractivity contribution in [2.24, 2.45) is 0 Å². The first-order valence-corrected chi connectivity index (χ1v) is 18.3. The lowest BCUT2D eigenvalue weighted by atomic mass is 9.66. The summed E-state index contributed by atoms with van der Waals surface area (Å²) in [7, 11) is 0. The molecule has 1 aliphatic carbocycles. The zero-order valence-electron chi connectivity index (χ0n) is 29.1. The van der Waals surface area contributed by atoms with Crippen LogP contribution in [0.4, 0.5) is 0 Å². The van der Waals surface area contributed by atoms with E-state index in [1.54, 1.807) is 0 Å². The van der Waals surface area contributed by atoms with Crippen LogP contribution in [-0.2, 0) is 5.41 Å². The second kappa shape index (κ2) is 11.9. The molecule has 2 aromatic heterocycles. The van der Waals surface area contributed by atoms with Crippen LogP contribution in [0, 0.1) is 0 Å². The zero-order valence-corrected chi connectivity index (χ0v) is 29.1. The molecule has 0 saturated heterocycles. The maximum Gasteiger partial charge on any atom is 0.164 e. The molecule has 0 amide bonds. The summed E-state index contributed by atoms with van der Waals surface area (Å²) in [6.45, 7) is 0. The van der Waals surface area contributed by atoms with E-state index in [4.69, 9.17) is 19.4 Å². The Bertz CT molecular complexity index is 2990. The van der Waals surface area contributed by atoms with Crippen molar-refractivity contribution in [2.75, 3.05) is 0 Å².